The van der Waals surface area contributed by atoms with Gasteiger partial charge in [-0.05, 0) is 56.0 Å². The van der Waals surface area contributed by atoms with Gasteiger partial charge in [-0.1, -0.05) is 12.1 Å². The normalized spacial score (nSPS) is 10.4. The number of hydrogen-bond donors (Lipinski definition) is 1. The number of benzene rings is 1. The Morgan fingerprint density at radius 2 is 1.80 bits per heavy atom. The van der Waals surface area contributed by atoms with Crippen molar-refractivity contribution in [3.05, 3.63) is 34.1 Å². The molecular formula is C14H17ClN4O. The van der Waals surface area contributed by atoms with Gasteiger partial charge in [0.2, 0.25) is 11.2 Å². The molecular weight excluding hydrogens is 276 g/mol. The lowest BCUT2D eigenvalue weighted by atomic mass is 10.1. The molecule has 2 aromatic rings. The Hall–Kier alpha value is -1.88. The molecule has 0 atom stereocenters. The summed E-state index contributed by atoms with van der Waals surface area (Å²) < 4.78 is 5.80. The first kappa shape index (κ1) is 14.5. The lowest BCUT2D eigenvalue weighted by molar-refractivity contribution is 0.433. The van der Waals surface area contributed by atoms with E-state index in [9.17, 15) is 0 Å². The number of halogens is 1. The molecule has 0 fully saturated rings. The third kappa shape index (κ3) is 3.17. The number of hydrogen-bond acceptors (Lipinski definition) is 5. The van der Waals surface area contributed by atoms with Gasteiger partial charge in [0.25, 0.3) is 0 Å². The van der Waals surface area contributed by atoms with Crippen LogP contribution in [0.15, 0.2) is 12.1 Å². The van der Waals surface area contributed by atoms with Crippen molar-refractivity contribution < 1.29 is 4.74 Å². The summed E-state index contributed by atoms with van der Waals surface area (Å²) in [6.07, 6.45) is 0. The second kappa shape index (κ2) is 6.05. The summed E-state index contributed by atoms with van der Waals surface area (Å²) in [7, 11) is 0. The van der Waals surface area contributed by atoms with Crippen molar-refractivity contribution in [1.29, 1.82) is 0 Å². The van der Waals surface area contributed by atoms with Crippen LogP contribution < -0.4 is 10.1 Å². The van der Waals surface area contributed by atoms with E-state index in [0.29, 0.717) is 12.5 Å². The summed E-state index contributed by atoms with van der Waals surface area (Å²) in [4.78, 5) is 12.2. The van der Waals surface area contributed by atoms with E-state index >= 15 is 0 Å². The average Bonchev–Trinajstić information content (AvgIpc) is 2.39. The van der Waals surface area contributed by atoms with Gasteiger partial charge in [0.05, 0.1) is 0 Å². The molecule has 0 radical (unpaired) electrons. The van der Waals surface area contributed by atoms with Crippen LogP contribution >= 0.6 is 11.6 Å². The van der Waals surface area contributed by atoms with Crippen molar-refractivity contribution in [2.75, 3.05) is 11.9 Å². The van der Waals surface area contributed by atoms with E-state index in [2.05, 4.69) is 26.3 Å². The van der Waals surface area contributed by atoms with Crippen LogP contribution in [-0.2, 0) is 0 Å². The zero-order valence-corrected chi connectivity index (χ0v) is 12.7. The Morgan fingerprint density at radius 1 is 1.10 bits per heavy atom. The molecule has 20 heavy (non-hydrogen) atoms. The highest BCUT2D eigenvalue weighted by Crippen LogP contribution is 2.29. The van der Waals surface area contributed by atoms with Crippen LogP contribution in [0, 0.1) is 20.8 Å². The van der Waals surface area contributed by atoms with Gasteiger partial charge in [-0.3, -0.25) is 0 Å². The predicted octanol–water partition coefficient (Wildman–Crippen LogP) is 3.67. The fourth-order valence-electron chi connectivity index (χ4n) is 1.79. The quantitative estimate of drug-likeness (QED) is 0.931. The largest absolute Gasteiger partial charge is 0.424 e. The lowest BCUT2D eigenvalue weighted by Crippen LogP contribution is -2.05. The minimum atomic E-state index is 0.105. The molecule has 0 aliphatic rings. The second-order valence-electron chi connectivity index (χ2n) is 4.50. The Morgan fingerprint density at radius 3 is 2.50 bits per heavy atom. The maximum absolute atomic E-state index is 5.88. The molecule has 0 saturated carbocycles. The van der Waals surface area contributed by atoms with Crippen molar-refractivity contribution >= 4 is 17.5 Å². The van der Waals surface area contributed by atoms with E-state index in [0.717, 1.165) is 22.4 Å². The number of anilines is 1. The molecule has 0 aliphatic carbocycles. The number of rotatable bonds is 4. The van der Waals surface area contributed by atoms with Gasteiger partial charge in [-0.2, -0.15) is 15.0 Å². The molecule has 0 bridgehead atoms. The number of nitrogens with one attached hydrogen (secondary N) is 1. The molecule has 0 aliphatic heterocycles. The summed E-state index contributed by atoms with van der Waals surface area (Å²) in [6.45, 7) is 8.67. The van der Waals surface area contributed by atoms with Crippen molar-refractivity contribution in [2.45, 2.75) is 27.7 Å². The van der Waals surface area contributed by atoms with Gasteiger partial charge in [0.1, 0.15) is 5.75 Å². The minimum Gasteiger partial charge on any atom is -0.424 e. The van der Waals surface area contributed by atoms with Crippen LogP contribution in [0.25, 0.3) is 0 Å². The van der Waals surface area contributed by atoms with Crippen molar-refractivity contribution in [2.24, 2.45) is 0 Å². The van der Waals surface area contributed by atoms with Gasteiger partial charge in [-0.15, -0.1) is 0 Å². The summed E-state index contributed by atoms with van der Waals surface area (Å²) in [5.41, 5.74) is 3.24. The highest BCUT2D eigenvalue weighted by Gasteiger charge is 2.11. The summed E-state index contributed by atoms with van der Waals surface area (Å²) in [5.74, 6) is 1.17. The molecule has 6 heteroatoms. The molecule has 2 rings (SSSR count). The SMILES string of the molecule is CCNc1nc(Cl)nc(Oc2c(C)ccc(C)c2C)n1. The molecule has 1 N–H and O–H groups in total. The Balaban J connectivity index is 2.37. The Labute approximate surface area is 123 Å². The van der Waals surface area contributed by atoms with E-state index in [4.69, 9.17) is 16.3 Å². The maximum atomic E-state index is 5.88. The van der Waals surface area contributed by atoms with Gasteiger partial charge < -0.3 is 10.1 Å². The minimum absolute atomic E-state index is 0.105. The molecule has 1 aromatic heterocycles. The van der Waals surface area contributed by atoms with Crippen LogP contribution in [0.5, 0.6) is 11.8 Å². The standard InChI is InChI=1S/C14H17ClN4O/c1-5-16-13-17-12(15)18-14(19-13)20-11-9(3)7-6-8(2)10(11)4/h6-7H,5H2,1-4H3,(H,16,17,18,19). The number of ether oxygens (including phenoxy) is 1. The fourth-order valence-corrected chi connectivity index (χ4v) is 1.94. The number of aryl methyl sites for hydroxylation is 2. The highest BCUT2D eigenvalue weighted by molar-refractivity contribution is 6.28. The van der Waals surface area contributed by atoms with Crippen LogP contribution in [0.4, 0.5) is 5.95 Å². The van der Waals surface area contributed by atoms with E-state index in [-0.39, 0.29) is 11.3 Å². The molecule has 1 aromatic carbocycles. The van der Waals surface area contributed by atoms with Gasteiger partial charge in [0, 0.05) is 6.54 Å². The van der Waals surface area contributed by atoms with Crippen LogP contribution in [0.1, 0.15) is 23.6 Å². The predicted molar refractivity (Wildman–Crippen MR) is 79.7 cm³/mol. The first-order valence-electron chi connectivity index (χ1n) is 6.41. The van der Waals surface area contributed by atoms with Crippen molar-refractivity contribution in [1.82, 2.24) is 15.0 Å². The highest BCUT2D eigenvalue weighted by atomic mass is 35.5. The average molecular weight is 293 g/mol. The van der Waals surface area contributed by atoms with Crippen LogP contribution in [0.3, 0.4) is 0 Å². The smallest absolute Gasteiger partial charge is 0.328 e. The summed E-state index contributed by atoms with van der Waals surface area (Å²) in [5, 5.41) is 3.09. The molecule has 5 nitrogen and oxygen atoms in total. The second-order valence-corrected chi connectivity index (χ2v) is 4.83. The van der Waals surface area contributed by atoms with Gasteiger partial charge in [-0.25, -0.2) is 0 Å². The Kier molecular flexibility index (Phi) is 4.39. The Bertz CT molecular complexity index is 631. The van der Waals surface area contributed by atoms with Crippen molar-refractivity contribution in [3.8, 4) is 11.8 Å². The number of nitrogens with zero attached hydrogens (tertiary/aromatic N) is 3. The zero-order valence-electron chi connectivity index (χ0n) is 12.0. The summed E-state index contributed by atoms with van der Waals surface area (Å²) in [6, 6.07) is 4.26. The monoisotopic (exact) mass is 292 g/mol. The molecule has 106 valence electrons. The third-order valence-corrected chi connectivity index (χ3v) is 3.16. The van der Waals surface area contributed by atoms with Crippen LogP contribution in [-0.4, -0.2) is 21.5 Å². The number of aromatic nitrogens is 3. The van der Waals surface area contributed by atoms with Crippen molar-refractivity contribution in [3.63, 3.8) is 0 Å². The van der Waals surface area contributed by atoms with E-state index in [1.54, 1.807) is 0 Å². The molecule has 0 amide bonds. The molecule has 0 unspecified atom stereocenters. The van der Waals surface area contributed by atoms with E-state index < -0.39 is 0 Å². The van der Waals surface area contributed by atoms with Crippen LogP contribution in [0.2, 0.25) is 5.28 Å². The van der Waals surface area contributed by atoms with Gasteiger partial charge >= 0.3 is 6.01 Å². The fraction of sp³-hybridized carbons (Fsp3) is 0.357. The zero-order chi connectivity index (χ0) is 14.7. The third-order valence-electron chi connectivity index (χ3n) is 2.99. The van der Waals surface area contributed by atoms with E-state index in [1.807, 2.05) is 33.8 Å². The molecule has 0 saturated heterocycles. The maximum Gasteiger partial charge on any atom is 0.328 e. The topological polar surface area (TPSA) is 59.9 Å². The first-order valence-corrected chi connectivity index (χ1v) is 6.79. The lowest BCUT2D eigenvalue weighted by Gasteiger charge is -2.12. The summed E-state index contributed by atoms with van der Waals surface area (Å²) >= 11 is 5.88. The van der Waals surface area contributed by atoms with E-state index in [1.165, 1.54) is 0 Å². The first-order chi connectivity index (χ1) is 9.51. The molecule has 0 spiro atoms. The van der Waals surface area contributed by atoms with Gasteiger partial charge in [0.15, 0.2) is 0 Å². The molecule has 1 heterocycles.